The van der Waals surface area contributed by atoms with Crippen molar-refractivity contribution >= 4 is 23.2 Å². The molecule has 8 heteroatoms. The average molecular weight is 399 g/mol. The second-order valence-corrected chi connectivity index (χ2v) is 6.53. The molecule has 0 radical (unpaired) electrons. The second-order valence-electron chi connectivity index (χ2n) is 6.10. The molecule has 2 aromatic carbocycles. The van der Waals surface area contributed by atoms with Gasteiger partial charge in [0, 0.05) is 40.5 Å². The zero-order valence-electron chi connectivity index (χ0n) is 14.4. The lowest BCUT2D eigenvalue weighted by molar-refractivity contribution is 0.0950. The summed E-state index contributed by atoms with van der Waals surface area (Å²) >= 11 is 6.03. The minimum Gasteiger partial charge on any atom is -0.348 e. The highest BCUT2D eigenvalue weighted by atomic mass is 35.5. The van der Waals surface area contributed by atoms with E-state index in [2.05, 4.69) is 15.5 Å². The van der Waals surface area contributed by atoms with Crippen LogP contribution < -0.4 is 5.32 Å². The molecule has 2 heterocycles. The van der Waals surface area contributed by atoms with Crippen molar-refractivity contribution in [1.29, 1.82) is 0 Å². The highest BCUT2D eigenvalue weighted by molar-refractivity contribution is 6.30. The van der Waals surface area contributed by atoms with Crippen LogP contribution in [0, 0.1) is 11.6 Å². The van der Waals surface area contributed by atoms with E-state index in [9.17, 15) is 13.6 Å². The van der Waals surface area contributed by atoms with Crippen molar-refractivity contribution in [3.63, 3.8) is 0 Å². The molecule has 140 valence electrons. The molecule has 0 aliphatic heterocycles. The van der Waals surface area contributed by atoms with Gasteiger partial charge in [-0.15, -0.1) is 10.2 Å². The number of aromatic nitrogens is 3. The van der Waals surface area contributed by atoms with Crippen LogP contribution in [-0.2, 0) is 6.54 Å². The molecular formula is C20H13ClF2N4O. The predicted octanol–water partition coefficient (Wildman–Crippen LogP) is 4.26. The Morgan fingerprint density at radius 2 is 1.93 bits per heavy atom. The van der Waals surface area contributed by atoms with Gasteiger partial charge in [0.2, 0.25) is 0 Å². The van der Waals surface area contributed by atoms with E-state index in [1.54, 1.807) is 34.9 Å². The number of pyridine rings is 1. The summed E-state index contributed by atoms with van der Waals surface area (Å²) in [4.78, 5) is 12.4. The Morgan fingerprint density at radius 3 is 2.71 bits per heavy atom. The summed E-state index contributed by atoms with van der Waals surface area (Å²) in [5.74, 6) is -1.18. The monoisotopic (exact) mass is 398 g/mol. The highest BCUT2D eigenvalue weighted by Gasteiger charge is 2.13. The molecule has 5 nitrogen and oxygen atoms in total. The van der Waals surface area contributed by atoms with Crippen molar-refractivity contribution in [2.75, 3.05) is 0 Å². The van der Waals surface area contributed by atoms with Crippen LogP contribution in [0.4, 0.5) is 8.78 Å². The van der Waals surface area contributed by atoms with Gasteiger partial charge in [0.15, 0.2) is 11.5 Å². The van der Waals surface area contributed by atoms with Crippen LogP contribution in [0.5, 0.6) is 0 Å². The molecule has 4 rings (SSSR count). The first-order valence-corrected chi connectivity index (χ1v) is 8.72. The topological polar surface area (TPSA) is 59.3 Å². The van der Waals surface area contributed by atoms with E-state index in [4.69, 9.17) is 11.6 Å². The maximum Gasteiger partial charge on any atom is 0.251 e. The first-order valence-electron chi connectivity index (χ1n) is 8.34. The molecule has 0 aliphatic carbocycles. The van der Waals surface area contributed by atoms with Gasteiger partial charge in [-0.2, -0.15) is 0 Å². The molecule has 0 bridgehead atoms. The molecule has 0 unspecified atom stereocenters. The smallest absolute Gasteiger partial charge is 0.251 e. The Morgan fingerprint density at radius 1 is 1.07 bits per heavy atom. The fourth-order valence-electron chi connectivity index (χ4n) is 2.80. The third-order valence-electron chi connectivity index (χ3n) is 4.21. The van der Waals surface area contributed by atoms with Gasteiger partial charge in [-0.25, -0.2) is 8.78 Å². The van der Waals surface area contributed by atoms with E-state index >= 15 is 0 Å². The molecule has 0 saturated heterocycles. The molecule has 0 fully saturated rings. The molecule has 0 spiro atoms. The van der Waals surface area contributed by atoms with Crippen LogP contribution in [0.25, 0.3) is 17.0 Å². The first-order chi connectivity index (χ1) is 13.5. The maximum atomic E-state index is 13.7. The lowest BCUT2D eigenvalue weighted by Gasteiger charge is -2.07. The summed E-state index contributed by atoms with van der Waals surface area (Å²) in [5.41, 5.74) is 1.82. The molecular weight excluding hydrogens is 386 g/mol. The van der Waals surface area contributed by atoms with Crippen molar-refractivity contribution in [3.05, 3.63) is 88.6 Å². The lowest BCUT2D eigenvalue weighted by atomic mass is 10.2. The number of amides is 1. The van der Waals surface area contributed by atoms with Crippen molar-refractivity contribution in [1.82, 2.24) is 19.9 Å². The summed E-state index contributed by atoms with van der Waals surface area (Å²) < 4.78 is 28.4. The third kappa shape index (κ3) is 3.57. The Labute approximate surface area is 163 Å². The second kappa shape index (κ2) is 7.36. The van der Waals surface area contributed by atoms with Crippen LogP contribution in [0.3, 0.4) is 0 Å². The van der Waals surface area contributed by atoms with Crippen LogP contribution >= 0.6 is 11.6 Å². The van der Waals surface area contributed by atoms with Gasteiger partial charge in [-0.1, -0.05) is 29.8 Å². The number of hydrogen-bond donors (Lipinski definition) is 1. The van der Waals surface area contributed by atoms with E-state index in [-0.39, 0.29) is 12.1 Å². The summed E-state index contributed by atoms with van der Waals surface area (Å²) in [7, 11) is 0. The van der Waals surface area contributed by atoms with Crippen molar-refractivity contribution in [2.45, 2.75) is 6.54 Å². The Balaban J connectivity index is 1.55. The predicted molar refractivity (Wildman–Crippen MR) is 101 cm³/mol. The van der Waals surface area contributed by atoms with Gasteiger partial charge in [0.25, 0.3) is 5.91 Å². The Hall–Kier alpha value is -3.32. The molecule has 28 heavy (non-hydrogen) atoms. The van der Waals surface area contributed by atoms with Gasteiger partial charge in [0.05, 0.1) is 0 Å². The van der Waals surface area contributed by atoms with Crippen molar-refractivity contribution in [2.24, 2.45) is 0 Å². The third-order valence-corrected chi connectivity index (χ3v) is 4.44. The van der Waals surface area contributed by atoms with Gasteiger partial charge < -0.3 is 5.32 Å². The van der Waals surface area contributed by atoms with Gasteiger partial charge >= 0.3 is 0 Å². The van der Waals surface area contributed by atoms with E-state index in [0.717, 1.165) is 17.7 Å². The number of hydrogen-bond acceptors (Lipinski definition) is 3. The first kappa shape index (κ1) is 18.1. The van der Waals surface area contributed by atoms with E-state index < -0.39 is 17.5 Å². The summed E-state index contributed by atoms with van der Waals surface area (Å²) in [5, 5.41) is 11.4. The SMILES string of the molecule is O=C(NCc1ccc(F)cc1F)c1ccn2c(-c3cccc(Cl)c3)nnc2c1. The number of halogens is 3. The standard InChI is InChI=1S/C20H13ClF2N4O/c21-15-3-1-2-12(8-15)19-26-25-18-9-13(6-7-27(18)19)20(28)24-11-14-4-5-16(22)10-17(14)23/h1-10H,11H2,(H,24,28). The van der Waals surface area contributed by atoms with Crippen LogP contribution in [0.2, 0.25) is 5.02 Å². The number of benzene rings is 2. The largest absolute Gasteiger partial charge is 0.348 e. The number of nitrogens with zero attached hydrogens (tertiary/aromatic N) is 3. The van der Waals surface area contributed by atoms with Crippen LogP contribution in [0.1, 0.15) is 15.9 Å². The minimum absolute atomic E-state index is 0.0589. The number of carbonyl (C=O) groups is 1. The van der Waals surface area contributed by atoms with Gasteiger partial charge in [0.1, 0.15) is 11.6 Å². The van der Waals surface area contributed by atoms with E-state index in [1.165, 1.54) is 6.07 Å². The molecule has 2 aromatic heterocycles. The van der Waals surface area contributed by atoms with Crippen LogP contribution in [-0.4, -0.2) is 20.5 Å². The lowest BCUT2D eigenvalue weighted by Crippen LogP contribution is -2.23. The normalized spacial score (nSPS) is 11.0. The van der Waals surface area contributed by atoms with E-state index in [0.29, 0.717) is 22.1 Å². The van der Waals surface area contributed by atoms with Gasteiger partial charge in [-0.05, 0) is 30.3 Å². The zero-order chi connectivity index (χ0) is 19.7. The highest BCUT2D eigenvalue weighted by Crippen LogP contribution is 2.22. The minimum atomic E-state index is -0.709. The van der Waals surface area contributed by atoms with Crippen LogP contribution in [0.15, 0.2) is 60.8 Å². The number of fused-ring (bicyclic) bond motifs is 1. The van der Waals surface area contributed by atoms with Gasteiger partial charge in [-0.3, -0.25) is 9.20 Å². The Kier molecular flexibility index (Phi) is 4.75. The maximum absolute atomic E-state index is 13.7. The van der Waals surface area contributed by atoms with Crippen molar-refractivity contribution < 1.29 is 13.6 Å². The zero-order valence-corrected chi connectivity index (χ0v) is 15.1. The number of rotatable bonds is 4. The summed E-state index contributed by atoms with van der Waals surface area (Å²) in [6, 6.07) is 13.6. The molecule has 0 saturated carbocycles. The molecule has 1 amide bonds. The molecule has 0 aliphatic rings. The summed E-state index contributed by atoms with van der Waals surface area (Å²) in [6.07, 6.45) is 1.68. The average Bonchev–Trinajstić information content (AvgIpc) is 3.10. The van der Waals surface area contributed by atoms with Crippen molar-refractivity contribution in [3.8, 4) is 11.4 Å². The molecule has 1 N–H and O–H groups in total. The molecule has 0 atom stereocenters. The number of nitrogens with one attached hydrogen (secondary N) is 1. The molecule has 4 aromatic rings. The quantitative estimate of drug-likeness (QED) is 0.559. The summed E-state index contributed by atoms with van der Waals surface area (Å²) in [6.45, 7) is -0.0589. The number of carbonyl (C=O) groups excluding carboxylic acids is 1. The Bertz CT molecular complexity index is 1190. The fourth-order valence-corrected chi connectivity index (χ4v) is 2.99. The fraction of sp³-hybridized carbons (Fsp3) is 0.0500. The van der Waals surface area contributed by atoms with E-state index in [1.807, 2.05) is 12.1 Å².